The van der Waals surface area contributed by atoms with E-state index in [1.807, 2.05) is 43.5 Å². The zero-order valence-corrected chi connectivity index (χ0v) is 21.8. The van der Waals surface area contributed by atoms with Gasteiger partial charge in [-0.05, 0) is 56.5 Å². The Bertz CT molecular complexity index is 1440. The third-order valence-electron chi connectivity index (χ3n) is 7.45. The summed E-state index contributed by atoms with van der Waals surface area (Å²) in [5.41, 5.74) is 3.30. The average molecular weight is 537 g/mol. The number of piperidine rings is 1. The Morgan fingerprint density at radius 3 is 2.51 bits per heavy atom. The highest BCUT2D eigenvalue weighted by molar-refractivity contribution is 6.35. The molecule has 10 heteroatoms. The number of hydrogen-bond acceptors (Lipinski definition) is 6. The normalized spacial score (nSPS) is 17.8. The van der Waals surface area contributed by atoms with Crippen molar-refractivity contribution in [2.75, 3.05) is 18.0 Å². The molecule has 0 saturated carbocycles. The molecule has 2 aliphatic rings. The lowest BCUT2D eigenvalue weighted by atomic mass is 9.86. The van der Waals surface area contributed by atoms with Crippen LogP contribution >= 0.6 is 23.2 Å². The summed E-state index contributed by atoms with van der Waals surface area (Å²) >= 11 is 12.6. The van der Waals surface area contributed by atoms with Gasteiger partial charge in [-0.1, -0.05) is 23.2 Å². The summed E-state index contributed by atoms with van der Waals surface area (Å²) in [5, 5.41) is 12.7. The molecular formula is C27H26Cl2N6O2. The Balaban J connectivity index is 1.19. The second kappa shape index (κ2) is 9.50. The number of anilines is 1. The monoisotopic (exact) mass is 536 g/mol. The quantitative estimate of drug-likeness (QED) is 0.338. The van der Waals surface area contributed by atoms with Gasteiger partial charge in [0.05, 0.1) is 15.6 Å². The van der Waals surface area contributed by atoms with Gasteiger partial charge in [0.2, 0.25) is 5.91 Å². The molecule has 1 atom stereocenters. The molecule has 0 bridgehead atoms. The highest BCUT2D eigenvalue weighted by Gasteiger charge is 2.40. The molecule has 6 rings (SSSR count). The molecule has 2 N–H and O–H groups in total. The predicted molar refractivity (Wildman–Crippen MR) is 144 cm³/mol. The molecule has 190 valence electrons. The summed E-state index contributed by atoms with van der Waals surface area (Å²) in [7, 11) is 0. The molecule has 2 fully saturated rings. The Morgan fingerprint density at radius 1 is 1.05 bits per heavy atom. The number of ether oxygens (including phenoxy) is 1. The number of nitrogens with one attached hydrogen (secondary N) is 2. The number of pyridine rings is 2. The third kappa shape index (κ3) is 4.60. The van der Waals surface area contributed by atoms with Gasteiger partial charge in [-0.2, -0.15) is 5.10 Å². The maximum Gasteiger partial charge on any atom is 0.220 e. The minimum atomic E-state index is -0.363. The number of fused-ring (bicyclic) bond motifs is 1. The van der Waals surface area contributed by atoms with E-state index in [0.717, 1.165) is 60.3 Å². The standard InChI is InChI=1S/C27H26Cl2N6O2/c1-16(25-20(28)14-30-15-21(25)29)37-18-3-4-22-19(12-18)26(34-33-22)17-2-5-23(31-13-17)35-10-8-27(9-11-35)7-6-24(36)32-27/h2-5,12-16H,6-11H2,1H3,(H,32,36)(H,33,34)/t16-/m1/s1. The fraction of sp³-hybridized carbons (Fsp3) is 0.333. The number of rotatable bonds is 5. The predicted octanol–water partition coefficient (Wildman–Crippen LogP) is 5.72. The number of carbonyl (C=O) groups excluding carboxylic acids is 1. The highest BCUT2D eigenvalue weighted by atomic mass is 35.5. The second-order valence-corrected chi connectivity index (χ2v) is 10.6. The van der Waals surface area contributed by atoms with Crippen LogP contribution in [0.25, 0.3) is 22.2 Å². The lowest BCUT2D eigenvalue weighted by Gasteiger charge is -2.39. The van der Waals surface area contributed by atoms with E-state index in [1.54, 1.807) is 12.4 Å². The summed E-state index contributed by atoms with van der Waals surface area (Å²) in [5.74, 6) is 1.79. The number of benzene rings is 1. The lowest BCUT2D eigenvalue weighted by molar-refractivity contribution is -0.119. The van der Waals surface area contributed by atoms with Crippen molar-refractivity contribution in [1.29, 1.82) is 0 Å². The van der Waals surface area contributed by atoms with Crippen molar-refractivity contribution < 1.29 is 9.53 Å². The van der Waals surface area contributed by atoms with Gasteiger partial charge in [-0.3, -0.25) is 14.9 Å². The van der Waals surface area contributed by atoms with Crippen molar-refractivity contribution in [2.24, 2.45) is 0 Å². The topological polar surface area (TPSA) is 96.0 Å². The molecule has 5 heterocycles. The smallest absolute Gasteiger partial charge is 0.220 e. The van der Waals surface area contributed by atoms with Crippen molar-refractivity contribution in [3.05, 3.63) is 64.5 Å². The SMILES string of the molecule is C[C@@H](Oc1ccc2[nH]nc(-c3ccc(N4CCC5(CCC(=O)N5)CC4)nc3)c2c1)c1c(Cl)cncc1Cl. The first-order valence-corrected chi connectivity index (χ1v) is 13.1. The highest BCUT2D eigenvalue weighted by Crippen LogP contribution is 2.36. The third-order valence-corrected chi connectivity index (χ3v) is 8.05. The molecule has 4 aromatic rings. The van der Waals surface area contributed by atoms with Crippen molar-refractivity contribution in [3.8, 4) is 17.0 Å². The van der Waals surface area contributed by atoms with Gasteiger partial charge in [0.15, 0.2) is 0 Å². The van der Waals surface area contributed by atoms with Crippen LogP contribution in [-0.2, 0) is 4.79 Å². The van der Waals surface area contributed by atoms with Crippen LogP contribution < -0.4 is 15.0 Å². The van der Waals surface area contributed by atoms with Gasteiger partial charge in [0, 0.05) is 60.2 Å². The molecule has 37 heavy (non-hydrogen) atoms. The van der Waals surface area contributed by atoms with Gasteiger partial charge in [-0.15, -0.1) is 0 Å². The summed E-state index contributed by atoms with van der Waals surface area (Å²) < 4.78 is 6.19. The number of carbonyl (C=O) groups is 1. The van der Waals surface area contributed by atoms with Crippen LogP contribution in [-0.4, -0.2) is 44.7 Å². The minimum absolute atomic E-state index is 0.0210. The lowest BCUT2D eigenvalue weighted by Crippen LogP contribution is -2.51. The maximum absolute atomic E-state index is 11.7. The first-order chi connectivity index (χ1) is 17.9. The van der Waals surface area contributed by atoms with E-state index in [2.05, 4.69) is 25.4 Å². The summed E-state index contributed by atoms with van der Waals surface area (Å²) in [6.07, 6.45) is 8.09. The van der Waals surface area contributed by atoms with E-state index in [0.29, 0.717) is 27.8 Å². The Morgan fingerprint density at radius 2 is 1.84 bits per heavy atom. The van der Waals surface area contributed by atoms with Crippen LogP contribution in [0.4, 0.5) is 5.82 Å². The molecule has 2 saturated heterocycles. The number of aromatic amines is 1. The Kier molecular flexibility index (Phi) is 6.16. The van der Waals surface area contributed by atoms with Gasteiger partial charge in [-0.25, -0.2) is 4.98 Å². The van der Waals surface area contributed by atoms with E-state index in [1.165, 1.54) is 0 Å². The van der Waals surface area contributed by atoms with Gasteiger partial charge in [0.25, 0.3) is 0 Å². The van der Waals surface area contributed by atoms with E-state index in [4.69, 9.17) is 32.9 Å². The molecule has 1 amide bonds. The number of amides is 1. The second-order valence-electron chi connectivity index (χ2n) is 9.78. The van der Waals surface area contributed by atoms with Crippen molar-refractivity contribution in [1.82, 2.24) is 25.5 Å². The summed E-state index contributed by atoms with van der Waals surface area (Å²) in [6.45, 7) is 3.66. The molecule has 3 aromatic heterocycles. The fourth-order valence-corrected chi connectivity index (χ4v) is 6.06. The van der Waals surface area contributed by atoms with E-state index < -0.39 is 0 Å². The van der Waals surface area contributed by atoms with E-state index >= 15 is 0 Å². The number of H-pyrrole nitrogens is 1. The van der Waals surface area contributed by atoms with Gasteiger partial charge >= 0.3 is 0 Å². The number of hydrogen-bond donors (Lipinski definition) is 2. The first-order valence-electron chi connectivity index (χ1n) is 12.4. The van der Waals surface area contributed by atoms with Crippen molar-refractivity contribution in [3.63, 3.8) is 0 Å². The number of halogens is 2. The molecule has 8 nitrogen and oxygen atoms in total. The molecule has 2 aliphatic heterocycles. The van der Waals surface area contributed by atoms with Crippen LogP contribution in [0.2, 0.25) is 10.0 Å². The van der Waals surface area contributed by atoms with Crippen LogP contribution in [0.1, 0.15) is 44.3 Å². The Labute approximate surface area is 224 Å². The summed E-state index contributed by atoms with van der Waals surface area (Å²) in [6, 6.07) is 9.88. The number of aromatic nitrogens is 4. The average Bonchev–Trinajstić information content (AvgIpc) is 3.47. The van der Waals surface area contributed by atoms with Crippen molar-refractivity contribution in [2.45, 2.75) is 44.2 Å². The van der Waals surface area contributed by atoms with Crippen LogP contribution in [0.3, 0.4) is 0 Å². The molecule has 0 unspecified atom stereocenters. The zero-order chi connectivity index (χ0) is 25.6. The molecule has 1 spiro atoms. The van der Waals surface area contributed by atoms with Crippen LogP contribution in [0.15, 0.2) is 48.9 Å². The minimum Gasteiger partial charge on any atom is -0.486 e. The van der Waals surface area contributed by atoms with E-state index in [9.17, 15) is 4.79 Å². The molecule has 0 aliphatic carbocycles. The maximum atomic E-state index is 11.7. The van der Waals surface area contributed by atoms with Crippen molar-refractivity contribution >= 4 is 45.8 Å². The molecule has 1 aromatic carbocycles. The molecular weight excluding hydrogens is 511 g/mol. The zero-order valence-electron chi connectivity index (χ0n) is 20.3. The first kappa shape index (κ1) is 24.0. The van der Waals surface area contributed by atoms with Gasteiger partial charge in [0.1, 0.15) is 23.4 Å². The summed E-state index contributed by atoms with van der Waals surface area (Å²) in [4.78, 5) is 22.7. The van der Waals surface area contributed by atoms with E-state index in [-0.39, 0.29) is 17.6 Å². The molecule has 0 radical (unpaired) electrons. The number of nitrogens with zero attached hydrogens (tertiary/aromatic N) is 4. The largest absolute Gasteiger partial charge is 0.486 e. The fourth-order valence-electron chi connectivity index (χ4n) is 5.38. The Hall–Kier alpha value is -3.36. The van der Waals surface area contributed by atoms with Crippen LogP contribution in [0.5, 0.6) is 5.75 Å². The van der Waals surface area contributed by atoms with Crippen LogP contribution in [0, 0.1) is 0 Å². The van der Waals surface area contributed by atoms with Gasteiger partial charge < -0.3 is 15.0 Å².